The SMILES string of the molecule is CC(=O)O[C@@H]1[C@@H](Cl)CCCC12CCCC2. The van der Waals surface area contributed by atoms with Crippen molar-refractivity contribution in [1.82, 2.24) is 0 Å². The Labute approximate surface area is 96.3 Å². The van der Waals surface area contributed by atoms with Crippen LogP contribution >= 0.6 is 11.6 Å². The highest BCUT2D eigenvalue weighted by molar-refractivity contribution is 6.21. The molecular weight excluding hydrogens is 212 g/mol. The summed E-state index contributed by atoms with van der Waals surface area (Å²) in [6, 6.07) is 0. The molecule has 0 heterocycles. The fourth-order valence-electron chi connectivity index (χ4n) is 3.32. The molecule has 2 aliphatic rings. The summed E-state index contributed by atoms with van der Waals surface area (Å²) in [6.45, 7) is 1.49. The van der Waals surface area contributed by atoms with Gasteiger partial charge >= 0.3 is 5.97 Å². The Kier molecular flexibility index (Phi) is 3.24. The van der Waals surface area contributed by atoms with Gasteiger partial charge in [-0.2, -0.15) is 0 Å². The molecule has 0 N–H and O–H groups in total. The minimum atomic E-state index is -0.182. The summed E-state index contributed by atoms with van der Waals surface area (Å²) in [5.41, 5.74) is 0.219. The predicted octanol–water partition coefficient (Wildman–Crippen LogP) is 3.27. The van der Waals surface area contributed by atoms with Gasteiger partial charge in [0.1, 0.15) is 6.10 Å². The lowest BCUT2D eigenvalue weighted by atomic mass is 9.70. The first kappa shape index (κ1) is 11.3. The van der Waals surface area contributed by atoms with Gasteiger partial charge in [-0.25, -0.2) is 0 Å². The number of ether oxygens (including phenoxy) is 1. The van der Waals surface area contributed by atoms with Gasteiger partial charge in [-0.15, -0.1) is 11.6 Å². The van der Waals surface area contributed by atoms with Crippen molar-refractivity contribution < 1.29 is 9.53 Å². The Balaban J connectivity index is 2.14. The van der Waals surface area contributed by atoms with E-state index in [1.54, 1.807) is 0 Å². The zero-order valence-electron chi connectivity index (χ0n) is 9.30. The molecule has 0 aromatic carbocycles. The van der Waals surface area contributed by atoms with Crippen LogP contribution in [0.25, 0.3) is 0 Å². The molecule has 0 saturated heterocycles. The second kappa shape index (κ2) is 4.32. The van der Waals surface area contributed by atoms with Gasteiger partial charge in [0.2, 0.25) is 0 Å². The fraction of sp³-hybridized carbons (Fsp3) is 0.917. The Morgan fingerprint density at radius 3 is 2.47 bits per heavy atom. The van der Waals surface area contributed by atoms with Crippen molar-refractivity contribution in [3.8, 4) is 0 Å². The molecule has 2 nitrogen and oxygen atoms in total. The molecule has 3 heteroatoms. The van der Waals surface area contributed by atoms with Gasteiger partial charge in [-0.05, 0) is 25.7 Å². The van der Waals surface area contributed by atoms with Gasteiger partial charge in [0, 0.05) is 12.3 Å². The number of rotatable bonds is 1. The number of alkyl halides is 1. The van der Waals surface area contributed by atoms with Crippen LogP contribution < -0.4 is 0 Å². The van der Waals surface area contributed by atoms with Crippen molar-refractivity contribution in [2.75, 3.05) is 0 Å². The molecule has 0 aromatic rings. The van der Waals surface area contributed by atoms with E-state index in [2.05, 4.69) is 0 Å². The Morgan fingerprint density at radius 1 is 1.27 bits per heavy atom. The molecule has 2 atom stereocenters. The quantitative estimate of drug-likeness (QED) is 0.511. The highest BCUT2D eigenvalue weighted by Gasteiger charge is 2.48. The largest absolute Gasteiger partial charge is 0.460 e. The lowest BCUT2D eigenvalue weighted by Crippen LogP contribution is -2.45. The summed E-state index contributed by atoms with van der Waals surface area (Å²) in [6.07, 6.45) is 8.24. The highest BCUT2D eigenvalue weighted by Crippen LogP contribution is 2.51. The van der Waals surface area contributed by atoms with Crippen molar-refractivity contribution in [2.45, 2.75) is 63.4 Å². The summed E-state index contributed by atoms with van der Waals surface area (Å²) >= 11 is 6.32. The minimum Gasteiger partial charge on any atom is -0.460 e. The van der Waals surface area contributed by atoms with Gasteiger partial charge in [0.05, 0.1) is 5.38 Å². The standard InChI is InChI=1S/C12H19ClO2/c1-9(14)15-11-10(13)5-4-8-12(11)6-2-3-7-12/h10-11H,2-8H2,1H3/t10-,11+/m0/s1. The number of halogens is 1. The molecule has 2 saturated carbocycles. The van der Waals surface area contributed by atoms with Crippen LogP contribution in [0, 0.1) is 5.41 Å². The summed E-state index contributed by atoms with van der Waals surface area (Å²) in [5.74, 6) is -0.182. The van der Waals surface area contributed by atoms with Gasteiger partial charge in [-0.1, -0.05) is 19.3 Å². The maximum Gasteiger partial charge on any atom is 0.302 e. The maximum atomic E-state index is 11.1. The molecule has 0 aliphatic heterocycles. The zero-order valence-corrected chi connectivity index (χ0v) is 10.1. The third-order valence-corrected chi connectivity index (χ3v) is 4.43. The van der Waals surface area contributed by atoms with E-state index < -0.39 is 0 Å². The number of carbonyl (C=O) groups excluding carboxylic acids is 1. The minimum absolute atomic E-state index is 0.0285. The number of carbonyl (C=O) groups is 1. The molecule has 0 bridgehead atoms. The van der Waals surface area contributed by atoms with Crippen molar-refractivity contribution in [1.29, 1.82) is 0 Å². The average molecular weight is 231 g/mol. The van der Waals surface area contributed by atoms with Crippen molar-refractivity contribution >= 4 is 17.6 Å². The third kappa shape index (κ3) is 2.15. The Bertz CT molecular complexity index is 246. The first-order valence-electron chi connectivity index (χ1n) is 5.95. The third-order valence-electron chi connectivity index (χ3n) is 3.98. The lowest BCUT2D eigenvalue weighted by molar-refractivity contribution is -0.156. The van der Waals surface area contributed by atoms with Crippen molar-refractivity contribution in [3.63, 3.8) is 0 Å². The van der Waals surface area contributed by atoms with E-state index in [1.807, 2.05) is 0 Å². The molecule has 0 unspecified atom stereocenters. The van der Waals surface area contributed by atoms with E-state index >= 15 is 0 Å². The topological polar surface area (TPSA) is 26.3 Å². The monoisotopic (exact) mass is 230 g/mol. The summed E-state index contributed by atoms with van der Waals surface area (Å²) in [5, 5.41) is 0.0285. The molecular formula is C12H19ClO2. The number of hydrogen-bond acceptors (Lipinski definition) is 2. The first-order chi connectivity index (χ1) is 7.14. The maximum absolute atomic E-state index is 11.1. The molecule has 15 heavy (non-hydrogen) atoms. The zero-order chi connectivity index (χ0) is 10.9. The second-order valence-corrected chi connectivity index (χ2v) is 5.57. The molecule has 1 spiro atoms. The van der Waals surface area contributed by atoms with Gasteiger partial charge in [-0.3, -0.25) is 4.79 Å². The van der Waals surface area contributed by atoms with Crippen LogP contribution in [0.2, 0.25) is 0 Å². The smallest absolute Gasteiger partial charge is 0.302 e. The molecule has 2 rings (SSSR count). The van der Waals surface area contributed by atoms with Crippen molar-refractivity contribution in [3.05, 3.63) is 0 Å². The van der Waals surface area contributed by atoms with E-state index in [4.69, 9.17) is 16.3 Å². The molecule has 86 valence electrons. The van der Waals surface area contributed by atoms with Crippen LogP contribution in [-0.4, -0.2) is 17.5 Å². The van der Waals surface area contributed by atoms with E-state index in [0.717, 1.165) is 6.42 Å². The molecule has 0 radical (unpaired) electrons. The molecule has 2 aliphatic carbocycles. The van der Waals surface area contributed by atoms with Gasteiger partial charge < -0.3 is 4.74 Å². The molecule has 2 fully saturated rings. The summed E-state index contributed by atoms with van der Waals surface area (Å²) in [4.78, 5) is 11.1. The van der Waals surface area contributed by atoms with Gasteiger partial charge in [0.15, 0.2) is 0 Å². The van der Waals surface area contributed by atoms with Crippen LogP contribution in [0.1, 0.15) is 51.9 Å². The first-order valence-corrected chi connectivity index (χ1v) is 6.39. The Hall–Kier alpha value is -0.240. The second-order valence-electron chi connectivity index (χ2n) is 5.01. The van der Waals surface area contributed by atoms with Crippen LogP contribution in [0.5, 0.6) is 0 Å². The normalized spacial score (nSPS) is 34.3. The highest BCUT2D eigenvalue weighted by atomic mass is 35.5. The van der Waals surface area contributed by atoms with Gasteiger partial charge in [0.25, 0.3) is 0 Å². The Morgan fingerprint density at radius 2 is 1.87 bits per heavy atom. The van der Waals surface area contributed by atoms with E-state index in [-0.39, 0.29) is 22.9 Å². The lowest BCUT2D eigenvalue weighted by Gasteiger charge is -2.43. The van der Waals surface area contributed by atoms with E-state index in [0.29, 0.717) is 0 Å². The van der Waals surface area contributed by atoms with Crippen LogP contribution in [-0.2, 0) is 9.53 Å². The average Bonchev–Trinajstić information content (AvgIpc) is 2.61. The number of esters is 1. The van der Waals surface area contributed by atoms with Crippen molar-refractivity contribution in [2.24, 2.45) is 5.41 Å². The predicted molar refractivity (Wildman–Crippen MR) is 59.9 cm³/mol. The number of hydrogen-bond donors (Lipinski definition) is 0. The fourth-order valence-corrected chi connectivity index (χ4v) is 3.79. The van der Waals surface area contributed by atoms with Crippen LogP contribution in [0.3, 0.4) is 0 Å². The molecule has 0 amide bonds. The van der Waals surface area contributed by atoms with E-state index in [1.165, 1.54) is 45.4 Å². The molecule has 0 aromatic heterocycles. The van der Waals surface area contributed by atoms with E-state index in [9.17, 15) is 4.79 Å². The van der Waals surface area contributed by atoms with Crippen LogP contribution in [0.4, 0.5) is 0 Å². The van der Waals surface area contributed by atoms with Crippen LogP contribution in [0.15, 0.2) is 0 Å². The summed E-state index contributed by atoms with van der Waals surface area (Å²) < 4.78 is 5.47. The summed E-state index contributed by atoms with van der Waals surface area (Å²) in [7, 11) is 0.